The normalized spacial score (nSPS) is 24.4. The van der Waals surface area contributed by atoms with Gasteiger partial charge in [-0.1, -0.05) is 25.4 Å². The van der Waals surface area contributed by atoms with Gasteiger partial charge in [-0.2, -0.15) is 4.98 Å². The summed E-state index contributed by atoms with van der Waals surface area (Å²) in [5, 5.41) is 7.71. The fourth-order valence-corrected chi connectivity index (χ4v) is 2.88. The number of nitrogens with zero attached hydrogens (tertiary/aromatic N) is 3. The van der Waals surface area contributed by atoms with Gasteiger partial charge in [-0.25, -0.2) is 0 Å². The molecule has 2 heterocycles. The van der Waals surface area contributed by atoms with Crippen molar-refractivity contribution in [2.75, 3.05) is 13.1 Å². The van der Waals surface area contributed by atoms with Crippen molar-refractivity contribution in [3.8, 4) is 0 Å². The molecule has 2 fully saturated rings. The molecule has 0 amide bonds. The smallest absolute Gasteiger partial charge is 0.229 e. The first-order valence-electron chi connectivity index (χ1n) is 8.02. The summed E-state index contributed by atoms with van der Waals surface area (Å²) in [5.74, 6) is 2.27. The highest BCUT2D eigenvalue weighted by molar-refractivity contribution is 5.02. The van der Waals surface area contributed by atoms with Crippen LogP contribution in [0.3, 0.4) is 0 Å². The third-order valence-corrected chi connectivity index (χ3v) is 4.27. The Kier molecular flexibility index (Phi) is 4.36. The molecule has 1 aliphatic carbocycles. The molecule has 3 rings (SSSR count). The van der Waals surface area contributed by atoms with Crippen molar-refractivity contribution in [2.24, 2.45) is 0 Å². The van der Waals surface area contributed by atoms with E-state index in [-0.39, 0.29) is 0 Å². The third-order valence-electron chi connectivity index (χ3n) is 4.27. The minimum atomic E-state index is 0.547. The molecule has 0 spiro atoms. The van der Waals surface area contributed by atoms with E-state index in [2.05, 4.69) is 34.2 Å². The van der Waals surface area contributed by atoms with E-state index in [1.165, 1.54) is 32.1 Å². The van der Waals surface area contributed by atoms with Gasteiger partial charge in [-0.05, 0) is 32.2 Å². The van der Waals surface area contributed by atoms with Gasteiger partial charge in [0.25, 0.3) is 0 Å². The topological polar surface area (TPSA) is 54.2 Å². The first-order valence-corrected chi connectivity index (χ1v) is 8.02. The average Bonchev–Trinajstić information content (AvgIpc) is 3.18. The fraction of sp³-hybridized carbons (Fsp3) is 0.867. The maximum atomic E-state index is 5.36. The second-order valence-electron chi connectivity index (χ2n) is 6.51. The highest BCUT2D eigenvalue weighted by atomic mass is 16.5. The van der Waals surface area contributed by atoms with Gasteiger partial charge in [0.2, 0.25) is 5.89 Å². The van der Waals surface area contributed by atoms with Crippen LogP contribution in [-0.2, 0) is 6.54 Å². The van der Waals surface area contributed by atoms with E-state index >= 15 is 0 Å². The number of hydrogen-bond donors (Lipinski definition) is 1. The predicted molar refractivity (Wildman–Crippen MR) is 77.5 cm³/mol. The predicted octanol–water partition coefficient (Wildman–Crippen LogP) is 2.30. The molecule has 2 aliphatic rings. The molecule has 1 unspecified atom stereocenters. The van der Waals surface area contributed by atoms with E-state index in [1.807, 2.05) is 0 Å². The molecule has 1 saturated carbocycles. The number of rotatable bonds is 6. The molecule has 1 aliphatic heterocycles. The minimum Gasteiger partial charge on any atom is -0.339 e. The zero-order valence-electron chi connectivity index (χ0n) is 12.6. The number of aromatic nitrogens is 2. The van der Waals surface area contributed by atoms with Crippen LogP contribution in [0.5, 0.6) is 0 Å². The molecule has 5 nitrogen and oxygen atoms in total. The lowest BCUT2D eigenvalue weighted by Crippen LogP contribution is -2.46. The molecular formula is C15H26N4O. The van der Waals surface area contributed by atoms with Gasteiger partial charge in [0, 0.05) is 24.5 Å². The zero-order chi connectivity index (χ0) is 13.9. The van der Waals surface area contributed by atoms with E-state index in [1.54, 1.807) is 0 Å². The first-order chi connectivity index (χ1) is 9.72. The van der Waals surface area contributed by atoms with Crippen LogP contribution in [0, 0.1) is 0 Å². The van der Waals surface area contributed by atoms with Crippen LogP contribution in [-0.4, -0.2) is 40.2 Å². The van der Waals surface area contributed by atoms with E-state index < -0.39 is 0 Å². The van der Waals surface area contributed by atoms with Gasteiger partial charge in [0.1, 0.15) is 0 Å². The van der Waals surface area contributed by atoms with Gasteiger partial charge in [-0.15, -0.1) is 0 Å². The second-order valence-corrected chi connectivity index (χ2v) is 6.51. The van der Waals surface area contributed by atoms with E-state index in [4.69, 9.17) is 4.52 Å². The van der Waals surface area contributed by atoms with E-state index in [0.717, 1.165) is 31.3 Å². The maximum absolute atomic E-state index is 5.36. The Balaban J connectivity index is 1.57. The molecule has 1 aromatic heterocycles. The summed E-state index contributed by atoms with van der Waals surface area (Å²) in [5.41, 5.74) is 0. The number of hydrogen-bond acceptors (Lipinski definition) is 5. The lowest BCUT2D eigenvalue weighted by molar-refractivity contribution is 0.131. The molecule has 1 aromatic rings. The van der Waals surface area contributed by atoms with Crippen LogP contribution in [0.1, 0.15) is 63.6 Å². The highest BCUT2D eigenvalue weighted by Gasteiger charge is 2.30. The van der Waals surface area contributed by atoms with Crippen molar-refractivity contribution in [3.63, 3.8) is 0 Å². The van der Waals surface area contributed by atoms with Gasteiger partial charge < -0.3 is 9.84 Å². The van der Waals surface area contributed by atoms with Crippen molar-refractivity contribution in [2.45, 2.75) is 70.5 Å². The molecule has 0 aromatic carbocycles. The van der Waals surface area contributed by atoms with Crippen LogP contribution in [0.4, 0.5) is 0 Å². The van der Waals surface area contributed by atoms with Crippen LogP contribution in [0.15, 0.2) is 4.52 Å². The first kappa shape index (κ1) is 14.0. The number of likely N-dealkylation sites (tertiary alicyclic amines) is 1. The summed E-state index contributed by atoms with van der Waals surface area (Å²) < 4.78 is 5.36. The molecule has 5 heteroatoms. The summed E-state index contributed by atoms with van der Waals surface area (Å²) in [6.07, 6.45) is 6.32. The van der Waals surface area contributed by atoms with E-state index in [9.17, 15) is 0 Å². The van der Waals surface area contributed by atoms with E-state index in [0.29, 0.717) is 18.0 Å². The molecule has 1 atom stereocenters. The Morgan fingerprint density at radius 2 is 2.15 bits per heavy atom. The van der Waals surface area contributed by atoms with Crippen LogP contribution in [0.25, 0.3) is 0 Å². The summed E-state index contributed by atoms with van der Waals surface area (Å²) in [4.78, 5) is 7.07. The summed E-state index contributed by atoms with van der Waals surface area (Å²) in [7, 11) is 0. The minimum absolute atomic E-state index is 0.547. The third kappa shape index (κ3) is 3.58. The van der Waals surface area contributed by atoms with Gasteiger partial charge in [0.05, 0.1) is 6.54 Å². The zero-order valence-corrected chi connectivity index (χ0v) is 12.6. The summed E-state index contributed by atoms with van der Waals surface area (Å²) >= 11 is 0. The van der Waals surface area contributed by atoms with Crippen molar-refractivity contribution in [1.29, 1.82) is 0 Å². The second kappa shape index (κ2) is 6.22. The van der Waals surface area contributed by atoms with Crippen molar-refractivity contribution >= 4 is 0 Å². The molecule has 20 heavy (non-hydrogen) atoms. The maximum Gasteiger partial charge on any atom is 0.229 e. The molecule has 1 N–H and O–H groups in total. The monoisotopic (exact) mass is 278 g/mol. The van der Waals surface area contributed by atoms with Gasteiger partial charge in [0.15, 0.2) is 5.82 Å². The molecular weight excluding hydrogens is 252 g/mol. The quantitative estimate of drug-likeness (QED) is 0.865. The molecule has 0 radical (unpaired) electrons. The number of nitrogens with one attached hydrogen (secondary N) is 1. The van der Waals surface area contributed by atoms with Gasteiger partial charge in [-0.3, -0.25) is 4.90 Å². The Hall–Kier alpha value is -0.940. The van der Waals surface area contributed by atoms with Gasteiger partial charge >= 0.3 is 0 Å². The lowest BCUT2D eigenvalue weighted by atomic mass is 10.0. The molecule has 1 saturated heterocycles. The van der Waals surface area contributed by atoms with Crippen LogP contribution < -0.4 is 5.32 Å². The van der Waals surface area contributed by atoms with Crippen molar-refractivity contribution in [3.05, 3.63) is 11.7 Å². The largest absolute Gasteiger partial charge is 0.339 e. The Morgan fingerprint density at radius 1 is 1.30 bits per heavy atom. The van der Waals surface area contributed by atoms with Crippen LogP contribution in [0.2, 0.25) is 0 Å². The lowest BCUT2D eigenvalue weighted by Gasteiger charge is -2.35. The Labute approximate surface area is 121 Å². The van der Waals surface area contributed by atoms with Crippen molar-refractivity contribution < 1.29 is 4.52 Å². The van der Waals surface area contributed by atoms with Crippen molar-refractivity contribution in [1.82, 2.24) is 20.4 Å². The summed E-state index contributed by atoms with van der Waals surface area (Å²) in [6.45, 7) is 7.45. The SMILES string of the molecule is CC(C)NCC1CCCCN1Cc1noc(C2CC2)n1. The average molecular weight is 278 g/mol. The molecule has 0 bridgehead atoms. The highest BCUT2D eigenvalue weighted by Crippen LogP contribution is 2.38. The summed E-state index contributed by atoms with van der Waals surface area (Å²) in [6, 6.07) is 1.15. The Bertz CT molecular complexity index is 427. The standard InChI is InChI=1S/C15H26N4O/c1-11(2)16-9-13-5-3-4-8-19(13)10-14-17-15(20-18-14)12-6-7-12/h11-13,16H,3-10H2,1-2H3. The number of piperidine rings is 1. The Morgan fingerprint density at radius 3 is 2.90 bits per heavy atom. The fourth-order valence-electron chi connectivity index (χ4n) is 2.88. The molecule has 112 valence electrons. The van der Waals surface area contributed by atoms with Crippen LogP contribution >= 0.6 is 0 Å².